The number of hydrogen-bond donors (Lipinski definition) is 1. The van der Waals surface area contributed by atoms with Crippen molar-refractivity contribution in [3.05, 3.63) is 65.0 Å². The SMILES string of the molecule is Cc1ccc(C(N)c2cncc(C)c2)cc1. The quantitative estimate of drug-likeness (QED) is 0.831. The molecule has 2 aromatic rings. The first-order valence-electron chi connectivity index (χ1n) is 5.40. The summed E-state index contributed by atoms with van der Waals surface area (Å²) in [6.07, 6.45) is 3.67. The summed E-state index contributed by atoms with van der Waals surface area (Å²) in [5.74, 6) is 0. The van der Waals surface area contributed by atoms with Crippen molar-refractivity contribution in [3.8, 4) is 0 Å². The molecule has 0 spiro atoms. The lowest BCUT2D eigenvalue weighted by Gasteiger charge is -2.12. The second kappa shape index (κ2) is 4.45. The molecule has 0 bridgehead atoms. The minimum atomic E-state index is -0.0898. The Morgan fingerprint density at radius 3 is 2.25 bits per heavy atom. The maximum atomic E-state index is 6.20. The summed E-state index contributed by atoms with van der Waals surface area (Å²) in [5.41, 5.74) is 10.8. The molecule has 16 heavy (non-hydrogen) atoms. The Labute approximate surface area is 96.1 Å². The molecule has 0 saturated carbocycles. The van der Waals surface area contributed by atoms with Crippen molar-refractivity contribution < 1.29 is 0 Å². The lowest BCUT2D eigenvalue weighted by atomic mass is 9.99. The van der Waals surface area contributed by atoms with Crippen LogP contribution in [-0.2, 0) is 0 Å². The van der Waals surface area contributed by atoms with Crippen LogP contribution in [0.1, 0.15) is 28.3 Å². The average Bonchev–Trinajstić information content (AvgIpc) is 2.29. The molecule has 0 fully saturated rings. The lowest BCUT2D eigenvalue weighted by molar-refractivity contribution is 0.860. The number of pyridine rings is 1. The van der Waals surface area contributed by atoms with Crippen molar-refractivity contribution in [1.29, 1.82) is 0 Å². The van der Waals surface area contributed by atoms with E-state index >= 15 is 0 Å². The van der Waals surface area contributed by atoms with Gasteiger partial charge in [-0.15, -0.1) is 0 Å². The predicted molar refractivity (Wildman–Crippen MR) is 66.2 cm³/mol. The number of aromatic nitrogens is 1. The van der Waals surface area contributed by atoms with Gasteiger partial charge in [-0.3, -0.25) is 4.98 Å². The van der Waals surface area contributed by atoms with Crippen molar-refractivity contribution in [1.82, 2.24) is 4.98 Å². The predicted octanol–water partition coefficient (Wildman–Crippen LogP) is 2.75. The summed E-state index contributed by atoms with van der Waals surface area (Å²) in [4.78, 5) is 4.17. The highest BCUT2D eigenvalue weighted by Gasteiger charge is 2.08. The second-order valence-corrected chi connectivity index (χ2v) is 4.18. The zero-order chi connectivity index (χ0) is 11.5. The van der Waals surface area contributed by atoms with E-state index in [0.29, 0.717) is 0 Å². The van der Waals surface area contributed by atoms with Crippen LogP contribution in [0.2, 0.25) is 0 Å². The van der Waals surface area contributed by atoms with Gasteiger partial charge >= 0.3 is 0 Å². The van der Waals surface area contributed by atoms with Crippen LogP contribution in [0.25, 0.3) is 0 Å². The summed E-state index contributed by atoms with van der Waals surface area (Å²) in [7, 11) is 0. The maximum absolute atomic E-state index is 6.20. The first-order valence-corrected chi connectivity index (χ1v) is 5.40. The highest BCUT2D eigenvalue weighted by molar-refractivity contribution is 5.32. The van der Waals surface area contributed by atoms with E-state index < -0.39 is 0 Å². The number of benzene rings is 1. The summed E-state index contributed by atoms with van der Waals surface area (Å²) < 4.78 is 0. The van der Waals surface area contributed by atoms with Gasteiger partial charge in [0.1, 0.15) is 0 Å². The van der Waals surface area contributed by atoms with Crippen LogP contribution < -0.4 is 5.73 Å². The highest BCUT2D eigenvalue weighted by Crippen LogP contribution is 2.19. The smallest absolute Gasteiger partial charge is 0.0567 e. The van der Waals surface area contributed by atoms with Crippen LogP contribution in [0.4, 0.5) is 0 Å². The number of aryl methyl sites for hydroxylation is 2. The van der Waals surface area contributed by atoms with Gasteiger partial charge in [0.25, 0.3) is 0 Å². The third kappa shape index (κ3) is 2.28. The molecular formula is C14H16N2. The van der Waals surface area contributed by atoms with E-state index in [9.17, 15) is 0 Å². The van der Waals surface area contributed by atoms with Crippen molar-refractivity contribution in [2.45, 2.75) is 19.9 Å². The molecule has 0 amide bonds. The van der Waals surface area contributed by atoms with E-state index in [-0.39, 0.29) is 6.04 Å². The third-order valence-electron chi connectivity index (χ3n) is 2.69. The van der Waals surface area contributed by atoms with Gasteiger partial charge in [0.05, 0.1) is 6.04 Å². The third-order valence-corrected chi connectivity index (χ3v) is 2.69. The molecule has 1 unspecified atom stereocenters. The van der Waals surface area contributed by atoms with Gasteiger partial charge in [0.2, 0.25) is 0 Å². The average molecular weight is 212 g/mol. The molecular weight excluding hydrogens is 196 g/mol. The molecule has 0 aliphatic rings. The van der Waals surface area contributed by atoms with Gasteiger partial charge in [-0.05, 0) is 30.5 Å². The van der Waals surface area contributed by atoms with E-state index in [1.54, 1.807) is 0 Å². The van der Waals surface area contributed by atoms with Crippen molar-refractivity contribution >= 4 is 0 Å². The Morgan fingerprint density at radius 1 is 0.938 bits per heavy atom. The van der Waals surface area contributed by atoms with E-state index in [2.05, 4.69) is 42.2 Å². The lowest BCUT2D eigenvalue weighted by Crippen LogP contribution is -2.12. The molecule has 2 nitrogen and oxygen atoms in total. The van der Waals surface area contributed by atoms with Gasteiger partial charge in [-0.2, -0.15) is 0 Å². The van der Waals surface area contributed by atoms with Crippen LogP contribution in [0.15, 0.2) is 42.7 Å². The first kappa shape index (κ1) is 10.8. The van der Waals surface area contributed by atoms with Gasteiger partial charge in [0, 0.05) is 12.4 Å². The number of rotatable bonds is 2. The van der Waals surface area contributed by atoms with E-state index in [4.69, 9.17) is 5.73 Å². The zero-order valence-electron chi connectivity index (χ0n) is 9.64. The largest absolute Gasteiger partial charge is 0.320 e. The summed E-state index contributed by atoms with van der Waals surface area (Å²) in [5, 5.41) is 0. The molecule has 0 aliphatic heterocycles. The fraction of sp³-hybridized carbons (Fsp3) is 0.214. The summed E-state index contributed by atoms with van der Waals surface area (Å²) in [6, 6.07) is 10.3. The van der Waals surface area contributed by atoms with Crippen LogP contribution in [0.3, 0.4) is 0 Å². The highest BCUT2D eigenvalue weighted by atomic mass is 14.7. The van der Waals surface area contributed by atoms with Crippen molar-refractivity contribution in [2.75, 3.05) is 0 Å². The molecule has 2 heteroatoms. The fourth-order valence-corrected chi connectivity index (χ4v) is 1.71. The van der Waals surface area contributed by atoms with E-state index in [1.165, 1.54) is 5.56 Å². The molecule has 1 atom stereocenters. The van der Waals surface area contributed by atoms with Gasteiger partial charge in [0.15, 0.2) is 0 Å². The molecule has 0 radical (unpaired) electrons. The van der Waals surface area contributed by atoms with Crippen LogP contribution >= 0.6 is 0 Å². The molecule has 0 aliphatic carbocycles. The van der Waals surface area contributed by atoms with Crippen LogP contribution in [0.5, 0.6) is 0 Å². The topological polar surface area (TPSA) is 38.9 Å². The van der Waals surface area contributed by atoms with Crippen LogP contribution in [-0.4, -0.2) is 4.98 Å². The zero-order valence-corrected chi connectivity index (χ0v) is 9.64. The second-order valence-electron chi connectivity index (χ2n) is 4.18. The fourth-order valence-electron chi connectivity index (χ4n) is 1.71. The summed E-state index contributed by atoms with van der Waals surface area (Å²) in [6.45, 7) is 4.10. The monoisotopic (exact) mass is 212 g/mol. The Morgan fingerprint density at radius 2 is 1.62 bits per heavy atom. The van der Waals surface area contributed by atoms with Crippen LogP contribution in [0, 0.1) is 13.8 Å². The Hall–Kier alpha value is -1.67. The molecule has 2 N–H and O–H groups in total. The number of hydrogen-bond acceptors (Lipinski definition) is 2. The number of nitrogens with zero attached hydrogens (tertiary/aromatic N) is 1. The molecule has 2 rings (SSSR count). The minimum Gasteiger partial charge on any atom is -0.320 e. The van der Waals surface area contributed by atoms with E-state index in [1.807, 2.05) is 19.3 Å². The Balaban J connectivity index is 2.31. The minimum absolute atomic E-state index is 0.0898. The van der Waals surface area contributed by atoms with Gasteiger partial charge in [-0.25, -0.2) is 0 Å². The maximum Gasteiger partial charge on any atom is 0.0567 e. The van der Waals surface area contributed by atoms with E-state index in [0.717, 1.165) is 16.7 Å². The van der Waals surface area contributed by atoms with Gasteiger partial charge in [-0.1, -0.05) is 35.9 Å². The Kier molecular flexibility index (Phi) is 3.02. The molecule has 82 valence electrons. The molecule has 1 aromatic carbocycles. The molecule has 1 aromatic heterocycles. The van der Waals surface area contributed by atoms with Gasteiger partial charge < -0.3 is 5.73 Å². The molecule has 0 saturated heterocycles. The Bertz CT molecular complexity index is 474. The van der Waals surface area contributed by atoms with Crippen molar-refractivity contribution in [3.63, 3.8) is 0 Å². The number of nitrogens with two attached hydrogens (primary N) is 1. The summed E-state index contributed by atoms with van der Waals surface area (Å²) >= 11 is 0. The normalized spacial score (nSPS) is 12.4. The van der Waals surface area contributed by atoms with Crippen molar-refractivity contribution in [2.24, 2.45) is 5.73 Å². The molecule has 1 heterocycles. The standard InChI is InChI=1S/C14H16N2/c1-10-3-5-12(6-4-10)14(15)13-7-11(2)8-16-9-13/h3-9,14H,15H2,1-2H3. The first-order chi connectivity index (χ1) is 7.66.